The molecule has 2 aliphatic heterocycles. The summed E-state index contributed by atoms with van der Waals surface area (Å²) in [5.74, 6) is -1.02. The van der Waals surface area contributed by atoms with Gasteiger partial charge in [0.05, 0.1) is 6.61 Å². The van der Waals surface area contributed by atoms with Crippen molar-refractivity contribution in [2.75, 3.05) is 6.61 Å². The maximum absolute atomic E-state index is 12.0. The summed E-state index contributed by atoms with van der Waals surface area (Å²) in [6, 6.07) is 1.15. The Bertz CT molecular complexity index is 781. The zero-order chi connectivity index (χ0) is 16.8. The van der Waals surface area contributed by atoms with E-state index in [9.17, 15) is 14.7 Å². The van der Waals surface area contributed by atoms with Crippen LogP contribution in [0.4, 0.5) is 0 Å². The minimum Gasteiger partial charge on any atom is -0.393 e. The van der Waals surface area contributed by atoms with Crippen molar-refractivity contribution in [2.45, 2.75) is 43.8 Å². The number of ether oxygens (including phenoxy) is 3. The van der Waals surface area contributed by atoms with Crippen molar-refractivity contribution < 1.29 is 19.3 Å². The molecule has 0 amide bonds. The number of fused-ring (bicyclic) bond motifs is 1. The van der Waals surface area contributed by atoms with Crippen molar-refractivity contribution in [2.24, 2.45) is 5.11 Å². The molecule has 2 aliphatic rings. The average molecular weight is 325 g/mol. The van der Waals surface area contributed by atoms with Crippen molar-refractivity contribution in [1.82, 2.24) is 9.55 Å². The van der Waals surface area contributed by atoms with E-state index in [1.165, 1.54) is 6.20 Å². The van der Waals surface area contributed by atoms with Gasteiger partial charge in [0.15, 0.2) is 12.0 Å². The van der Waals surface area contributed by atoms with Crippen LogP contribution in [0.25, 0.3) is 10.4 Å². The zero-order valence-corrected chi connectivity index (χ0v) is 12.4. The Kier molecular flexibility index (Phi) is 3.54. The zero-order valence-electron chi connectivity index (χ0n) is 12.4. The highest BCUT2D eigenvalue weighted by molar-refractivity contribution is 5.05. The Morgan fingerprint density at radius 1 is 1.43 bits per heavy atom. The SMILES string of the molecule is CC1(C)OC2[C@H](O1)[C@H](n1ccc(=O)[nH]c1=O)O[C@@]2(CO)N=[N+]=[N-]. The first-order chi connectivity index (χ1) is 10.8. The quantitative estimate of drug-likeness (QED) is 0.437. The van der Waals surface area contributed by atoms with Gasteiger partial charge in [-0.15, -0.1) is 0 Å². The molecule has 124 valence electrons. The third-order valence-electron chi connectivity index (χ3n) is 3.75. The molecular weight excluding hydrogens is 310 g/mol. The van der Waals surface area contributed by atoms with Crippen LogP contribution in [0.3, 0.4) is 0 Å². The minimum atomic E-state index is -1.73. The summed E-state index contributed by atoms with van der Waals surface area (Å²) in [6.07, 6.45) is -1.53. The van der Waals surface area contributed by atoms with Gasteiger partial charge in [0.2, 0.25) is 5.72 Å². The van der Waals surface area contributed by atoms with Crippen molar-refractivity contribution in [3.8, 4) is 0 Å². The van der Waals surface area contributed by atoms with Gasteiger partial charge in [-0.05, 0) is 19.4 Å². The Morgan fingerprint density at radius 2 is 2.17 bits per heavy atom. The van der Waals surface area contributed by atoms with Crippen LogP contribution >= 0.6 is 0 Å². The van der Waals surface area contributed by atoms with E-state index in [0.29, 0.717) is 0 Å². The van der Waals surface area contributed by atoms with Crippen LogP contribution in [-0.4, -0.2) is 45.0 Å². The fourth-order valence-electron chi connectivity index (χ4n) is 2.85. The Balaban J connectivity index is 2.10. The topological polar surface area (TPSA) is 152 Å². The van der Waals surface area contributed by atoms with Crippen LogP contribution in [0, 0.1) is 0 Å². The summed E-state index contributed by atoms with van der Waals surface area (Å²) < 4.78 is 18.1. The van der Waals surface area contributed by atoms with E-state index >= 15 is 0 Å². The number of hydrogen-bond donors (Lipinski definition) is 2. The van der Waals surface area contributed by atoms with Gasteiger partial charge < -0.3 is 19.3 Å². The molecule has 3 heterocycles. The number of rotatable bonds is 3. The molecule has 11 heteroatoms. The summed E-state index contributed by atoms with van der Waals surface area (Å²) in [5.41, 5.74) is 5.77. The van der Waals surface area contributed by atoms with E-state index in [2.05, 4.69) is 15.0 Å². The van der Waals surface area contributed by atoms with E-state index in [0.717, 1.165) is 10.6 Å². The first-order valence-electron chi connectivity index (χ1n) is 6.84. The molecule has 1 unspecified atom stereocenters. The maximum atomic E-state index is 12.0. The number of H-pyrrole nitrogens is 1. The third-order valence-corrected chi connectivity index (χ3v) is 3.75. The standard InChI is InChI=1S/C12H15N5O6/c1-11(2)21-7-8(22-11)12(5-18,15-16-13)23-9(7)17-4-3-6(19)14-10(17)20/h3-4,7-9,18H,5H2,1-2H3,(H,14,19,20)/t7-,8?,9+,12+/m0/s1. The molecule has 2 N–H and O–H groups in total. The van der Waals surface area contributed by atoms with Gasteiger partial charge in [-0.3, -0.25) is 14.3 Å². The van der Waals surface area contributed by atoms with Crippen LogP contribution in [0.5, 0.6) is 0 Å². The second-order valence-electron chi connectivity index (χ2n) is 5.74. The molecule has 2 saturated heterocycles. The smallest absolute Gasteiger partial charge is 0.330 e. The van der Waals surface area contributed by atoms with Crippen LogP contribution in [0.15, 0.2) is 27.0 Å². The summed E-state index contributed by atoms with van der Waals surface area (Å²) >= 11 is 0. The lowest BCUT2D eigenvalue weighted by molar-refractivity contribution is -0.226. The summed E-state index contributed by atoms with van der Waals surface area (Å²) in [5, 5.41) is 13.2. The van der Waals surface area contributed by atoms with Gasteiger partial charge in [0.1, 0.15) is 12.2 Å². The molecule has 1 aromatic heterocycles. The lowest BCUT2D eigenvalue weighted by Gasteiger charge is -2.29. The molecule has 0 saturated carbocycles. The van der Waals surface area contributed by atoms with E-state index < -0.39 is 47.8 Å². The second-order valence-corrected chi connectivity index (χ2v) is 5.74. The molecule has 11 nitrogen and oxygen atoms in total. The van der Waals surface area contributed by atoms with Gasteiger partial charge in [0.25, 0.3) is 5.56 Å². The number of aliphatic hydroxyl groups is 1. The summed E-state index contributed by atoms with van der Waals surface area (Å²) in [4.78, 5) is 28.0. The predicted octanol–water partition coefficient (Wildman–Crippen LogP) is -0.416. The molecule has 1 aromatic rings. The van der Waals surface area contributed by atoms with Gasteiger partial charge >= 0.3 is 5.69 Å². The first kappa shape index (κ1) is 15.7. The minimum absolute atomic E-state index is 0.562. The van der Waals surface area contributed by atoms with Crippen LogP contribution in [0.2, 0.25) is 0 Å². The fraction of sp³-hybridized carbons (Fsp3) is 0.667. The van der Waals surface area contributed by atoms with E-state index in [1.807, 2.05) is 0 Å². The molecule has 0 bridgehead atoms. The Morgan fingerprint density at radius 3 is 2.78 bits per heavy atom. The lowest BCUT2D eigenvalue weighted by Crippen LogP contribution is -2.44. The largest absolute Gasteiger partial charge is 0.393 e. The number of hydrogen-bond acceptors (Lipinski definition) is 7. The first-order valence-corrected chi connectivity index (χ1v) is 6.84. The molecule has 0 aliphatic carbocycles. The molecule has 3 rings (SSSR count). The normalized spacial score (nSPS) is 34.8. The van der Waals surface area contributed by atoms with Gasteiger partial charge in [-0.2, -0.15) is 0 Å². The number of nitrogens with one attached hydrogen (secondary N) is 1. The van der Waals surface area contributed by atoms with E-state index in [4.69, 9.17) is 19.7 Å². The number of aliphatic hydroxyl groups excluding tert-OH is 1. The molecule has 0 radical (unpaired) electrons. The molecule has 0 spiro atoms. The monoisotopic (exact) mass is 325 g/mol. The molecule has 4 atom stereocenters. The molecule has 0 aromatic carbocycles. The summed E-state index contributed by atoms with van der Waals surface area (Å²) in [6.45, 7) is 2.64. The van der Waals surface area contributed by atoms with Gasteiger partial charge in [-0.1, -0.05) is 5.11 Å². The highest BCUT2D eigenvalue weighted by atomic mass is 16.8. The Labute approximate surface area is 129 Å². The summed E-state index contributed by atoms with van der Waals surface area (Å²) in [7, 11) is 0. The van der Waals surface area contributed by atoms with Crippen molar-refractivity contribution in [3.63, 3.8) is 0 Å². The van der Waals surface area contributed by atoms with Crippen molar-refractivity contribution in [1.29, 1.82) is 0 Å². The van der Waals surface area contributed by atoms with Crippen LogP contribution < -0.4 is 11.2 Å². The number of aromatic nitrogens is 2. The number of azide groups is 1. The van der Waals surface area contributed by atoms with Crippen LogP contribution in [-0.2, 0) is 14.2 Å². The highest BCUT2D eigenvalue weighted by Gasteiger charge is 2.63. The number of aromatic amines is 1. The van der Waals surface area contributed by atoms with Crippen LogP contribution in [0.1, 0.15) is 20.1 Å². The highest BCUT2D eigenvalue weighted by Crippen LogP contribution is 2.48. The van der Waals surface area contributed by atoms with Crippen molar-refractivity contribution in [3.05, 3.63) is 43.5 Å². The van der Waals surface area contributed by atoms with E-state index in [1.54, 1.807) is 13.8 Å². The maximum Gasteiger partial charge on any atom is 0.330 e. The third kappa shape index (κ3) is 2.44. The molecule has 2 fully saturated rings. The molecular formula is C12H15N5O6. The predicted molar refractivity (Wildman–Crippen MR) is 74.2 cm³/mol. The second kappa shape index (κ2) is 5.18. The Hall–Kier alpha value is -2.17. The fourth-order valence-corrected chi connectivity index (χ4v) is 2.85. The van der Waals surface area contributed by atoms with E-state index in [-0.39, 0.29) is 0 Å². The number of nitrogens with zero attached hydrogens (tertiary/aromatic N) is 4. The van der Waals surface area contributed by atoms with Gasteiger partial charge in [0, 0.05) is 17.2 Å². The van der Waals surface area contributed by atoms with Crippen molar-refractivity contribution >= 4 is 0 Å². The average Bonchev–Trinajstić information content (AvgIpc) is 2.93. The molecule has 23 heavy (non-hydrogen) atoms. The lowest BCUT2D eigenvalue weighted by atomic mass is 10.1. The van der Waals surface area contributed by atoms with Gasteiger partial charge in [-0.25, -0.2) is 4.79 Å².